The van der Waals surface area contributed by atoms with Crippen molar-refractivity contribution < 1.29 is 9.15 Å². The second kappa shape index (κ2) is 8.19. The molecule has 3 rings (SSSR count). The highest BCUT2D eigenvalue weighted by molar-refractivity contribution is 6.30. The Morgan fingerprint density at radius 2 is 1.76 bits per heavy atom. The molecule has 0 atom stereocenters. The second-order valence-corrected chi connectivity index (χ2v) is 6.31. The molecule has 130 valence electrons. The summed E-state index contributed by atoms with van der Waals surface area (Å²) in [6.07, 6.45) is 1.75. The van der Waals surface area contributed by atoms with Gasteiger partial charge in [0.05, 0.1) is 19.3 Å². The SMILES string of the molecule is CCOc1ccc(CN(C)Cc2ncc(-c3ccc(Cl)cc3)o2)cc1. The molecule has 0 unspecified atom stereocenters. The van der Waals surface area contributed by atoms with Gasteiger partial charge < -0.3 is 9.15 Å². The fourth-order valence-electron chi connectivity index (χ4n) is 2.59. The molecular weight excluding hydrogens is 336 g/mol. The van der Waals surface area contributed by atoms with Crippen molar-refractivity contribution in [3.8, 4) is 17.1 Å². The van der Waals surface area contributed by atoms with E-state index >= 15 is 0 Å². The van der Waals surface area contributed by atoms with E-state index in [4.69, 9.17) is 20.8 Å². The lowest BCUT2D eigenvalue weighted by Gasteiger charge is -2.15. The summed E-state index contributed by atoms with van der Waals surface area (Å²) in [5.74, 6) is 2.34. The molecule has 0 radical (unpaired) electrons. The summed E-state index contributed by atoms with van der Waals surface area (Å²) in [6.45, 7) is 4.11. The Labute approximate surface area is 153 Å². The van der Waals surface area contributed by atoms with Gasteiger partial charge in [-0.2, -0.15) is 0 Å². The average molecular weight is 357 g/mol. The molecular formula is C20H21ClN2O2. The molecule has 0 N–H and O–H groups in total. The van der Waals surface area contributed by atoms with Gasteiger partial charge >= 0.3 is 0 Å². The summed E-state index contributed by atoms with van der Waals surface area (Å²) >= 11 is 5.92. The molecule has 1 aromatic heterocycles. The lowest BCUT2D eigenvalue weighted by molar-refractivity contribution is 0.282. The Morgan fingerprint density at radius 1 is 1.04 bits per heavy atom. The minimum atomic E-state index is 0.640. The van der Waals surface area contributed by atoms with E-state index < -0.39 is 0 Å². The topological polar surface area (TPSA) is 38.5 Å². The first-order valence-corrected chi connectivity index (χ1v) is 8.63. The van der Waals surface area contributed by atoms with Crippen molar-refractivity contribution in [3.05, 3.63) is 71.2 Å². The fraction of sp³-hybridized carbons (Fsp3) is 0.250. The highest BCUT2D eigenvalue weighted by Gasteiger charge is 2.09. The van der Waals surface area contributed by atoms with E-state index in [9.17, 15) is 0 Å². The number of halogens is 1. The predicted octanol–water partition coefficient (Wildman–Crippen LogP) is 5.03. The first kappa shape index (κ1) is 17.5. The first-order valence-electron chi connectivity index (χ1n) is 8.25. The van der Waals surface area contributed by atoms with Crippen LogP contribution in [0.4, 0.5) is 0 Å². The molecule has 0 aliphatic heterocycles. The summed E-state index contributed by atoms with van der Waals surface area (Å²) in [5, 5.41) is 0.707. The van der Waals surface area contributed by atoms with Gasteiger partial charge in [0.2, 0.25) is 5.89 Å². The molecule has 3 aromatic rings. The van der Waals surface area contributed by atoms with Crippen LogP contribution in [0.5, 0.6) is 5.75 Å². The van der Waals surface area contributed by atoms with Gasteiger partial charge in [-0.1, -0.05) is 23.7 Å². The summed E-state index contributed by atoms with van der Waals surface area (Å²) in [5.41, 5.74) is 2.19. The Balaban J connectivity index is 1.59. The zero-order valence-electron chi connectivity index (χ0n) is 14.4. The number of hydrogen-bond donors (Lipinski definition) is 0. The predicted molar refractivity (Wildman–Crippen MR) is 99.7 cm³/mol. The molecule has 0 saturated heterocycles. The van der Waals surface area contributed by atoms with E-state index in [1.165, 1.54) is 5.56 Å². The van der Waals surface area contributed by atoms with Crippen LogP contribution >= 0.6 is 11.6 Å². The van der Waals surface area contributed by atoms with Crippen molar-refractivity contribution in [2.45, 2.75) is 20.0 Å². The van der Waals surface area contributed by atoms with Crippen molar-refractivity contribution in [1.82, 2.24) is 9.88 Å². The highest BCUT2D eigenvalue weighted by Crippen LogP contribution is 2.23. The molecule has 0 fully saturated rings. The molecule has 2 aromatic carbocycles. The van der Waals surface area contributed by atoms with E-state index in [-0.39, 0.29) is 0 Å². The molecule has 4 nitrogen and oxygen atoms in total. The summed E-state index contributed by atoms with van der Waals surface area (Å²) in [4.78, 5) is 6.53. The van der Waals surface area contributed by atoms with Crippen molar-refractivity contribution in [1.29, 1.82) is 0 Å². The van der Waals surface area contributed by atoms with Crippen LogP contribution in [0.2, 0.25) is 5.02 Å². The number of ether oxygens (including phenoxy) is 1. The monoisotopic (exact) mass is 356 g/mol. The van der Waals surface area contributed by atoms with Crippen LogP contribution in [-0.2, 0) is 13.1 Å². The van der Waals surface area contributed by atoms with E-state index in [2.05, 4.69) is 22.0 Å². The molecule has 0 aliphatic rings. The third kappa shape index (κ3) is 4.84. The van der Waals surface area contributed by atoms with Crippen molar-refractivity contribution >= 4 is 11.6 Å². The van der Waals surface area contributed by atoms with E-state index in [1.54, 1.807) is 6.20 Å². The summed E-state index contributed by atoms with van der Waals surface area (Å²) in [7, 11) is 2.04. The normalized spacial score (nSPS) is 11.0. The van der Waals surface area contributed by atoms with Crippen LogP contribution < -0.4 is 4.74 Å². The van der Waals surface area contributed by atoms with E-state index in [0.717, 1.165) is 23.6 Å². The van der Waals surface area contributed by atoms with Gasteiger partial charge in [0.1, 0.15) is 5.75 Å². The van der Waals surface area contributed by atoms with Gasteiger partial charge in [0, 0.05) is 17.1 Å². The average Bonchev–Trinajstić information content (AvgIpc) is 3.06. The number of aromatic nitrogens is 1. The maximum Gasteiger partial charge on any atom is 0.209 e. The number of oxazole rings is 1. The molecule has 0 amide bonds. The van der Waals surface area contributed by atoms with Gasteiger partial charge in [0.15, 0.2) is 5.76 Å². The van der Waals surface area contributed by atoms with Crippen LogP contribution in [0.3, 0.4) is 0 Å². The van der Waals surface area contributed by atoms with Gasteiger partial charge in [-0.25, -0.2) is 4.98 Å². The molecule has 25 heavy (non-hydrogen) atoms. The second-order valence-electron chi connectivity index (χ2n) is 5.87. The number of hydrogen-bond acceptors (Lipinski definition) is 4. The minimum absolute atomic E-state index is 0.640. The van der Waals surface area contributed by atoms with Crippen molar-refractivity contribution in [3.63, 3.8) is 0 Å². The van der Waals surface area contributed by atoms with Crippen molar-refractivity contribution in [2.75, 3.05) is 13.7 Å². The van der Waals surface area contributed by atoms with Gasteiger partial charge in [-0.3, -0.25) is 4.90 Å². The fourth-order valence-corrected chi connectivity index (χ4v) is 2.71. The van der Waals surface area contributed by atoms with Crippen molar-refractivity contribution in [2.24, 2.45) is 0 Å². The number of nitrogens with zero attached hydrogens (tertiary/aromatic N) is 2. The van der Waals surface area contributed by atoms with Crippen LogP contribution in [-0.4, -0.2) is 23.5 Å². The zero-order valence-corrected chi connectivity index (χ0v) is 15.2. The quantitative estimate of drug-likeness (QED) is 0.595. The van der Waals surface area contributed by atoms with Gasteiger partial charge in [-0.15, -0.1) is 0 Å². The number of rotatable bonds is 7. The zero-order chi connectivity index (χ0) is 17.6. The third-order valence-corrected chi connectivity index (χ3v) is 4.03. The molecule has 5 heteroatoms. The van der Waals surface area contributed by atoms with Gasteiger partial charge in [-0.05, 0) is 55.9 Å². The summed E-state index contributed by atoms with van der Waals surface area (Å²) < 4.78 is 11.3. The molecule has 0 spiro atoms. The number of benzene rings is 2. The largest absolute Gasteiger partial charge is 0.494 e. The molecule has 1 heterocycles. The van der Waals surface area contributed by atoms with Crippen LogP contribution in [0, 0.1) is 0 Å². The smallest absolute Gasteiger partial charge is 0.209 e. The van der Waals surface area contributed by atoms with Gasteiger partial charge in [0.25, 0.3) is 0 Å². The van der Waals surface area contributed by atoms with Crippen LogP contribution in [0.15, 0.2) is 59.1 Å². The standard InChI is InChI=1S/C20H21ClN2O2/c1-3-24-18-10-4-15(5-11-18)13-23(2)14-20-22-12-19(25-20)16-6-8-17(21)9-7-16/h4-12H,3,13-14H2,1-2H3. The Hall–Kier alpha value is -2.30. The lowest BCUT2D eigenvalue weighted by atomic mass is 10.2. The minimum Gasteiger partial charge on any atom is -0.494 e. The van der Waals surface area contributed by atoms with Crippen LogP contribution in [0.1, 0.15) is 18.4 Å². The Bertz CT molecular complexity index is 797. The lowest BCUT2D eigenvalue weighted by Crippen LogP contribution is -2.17. The van der Waals surface area contributed by atoms with E-state index in [0.29, 0.717) is 24.1 Å². The third-order valence-electron chi connectivity index (χ3n) is 3.77. The highest BCUT2D eigenvalue weighted by atomic mass is 35.5. The Kier molecular flexibility index (Phi) is 5.74. The molecule has 0 saturated carbocycles. The van der Waals surface area contributed by atoms with Crippen LogP contribution in [0.25, 0.3) is 11.3 Å². The maximum atomic E-state index is 5.92. The van der Waals surface area contributed by atoms with E-state index in [1.807, 2.05) is 50.4 Å². The first-order chi connectivity index (χ1) is 12.1. The molecule has 0 bridgehead atoms. The summed E-state index contributed by atoms with van der Waals surface area (Å²) in [6, 6.07) is 15.7. The maximum absolute atomic E-state index is 5.92. The molecule has 0 aliphatic carbocycles. The Morgan fingerprint density at radius 3 is 2.44 bits per heavy atom.